The Bertz CT molecular complexity index is 24.8. The van der Waals surface area contributed by atoms with Crippen LogP contribution in [0.25, 0.3) is 0 Å². The first kappa shape index (κ1) is 38.9. The van der Waals surface area contributed by atoms with Crippen LogP contribution < -0.4 is 147 Å². The Kier molecular flexibility index (Phi) is 201. The Morgan fingerprint density at radius 3 is 1.12 bits per heavy atom. The van der Waals surface area contributed by atoms with Gasteiger partial charge in [0.15, 0.2) is 0 Å². The minimum Gasteiger partial charge on any atom is -1.00 e. The van der Waals surface area contributed by atoms with Gasteiger partial charge in [-0.3, -0.25) is 5.41 Å². The summed E-state index contributed by atoms with van der Waals surface area (Å²) in [5.41, 5.74) is 4.39. The smallest absolute Gasteiger partial charge is 1.00 e. The molecule has 0 aromatic carbocycles. The number of hydrogen-bond acceptors (Lipinski definition) is 1. The molecule has 0 aromatic rings. The van der Waals surface area contributed by atoms with Gasteiger partial charge in [0.25, 0.3) is 0 Å². The molecular formula is CH4CsI3N2Pb. The topological polar surface area (TPSA) is 49.9 Å². The van der Waals surface area contributed by atoms with Gasteiger partial charge in [-0.15, -0.1) is 0 Å². The van der Waals surface area contributed by atoms with Crippen molar-refractivity contribution in [3.63, 3.8) is 0 Å². The van der Waals surface area contributed by atoms with Gasteiger partial charge in [-0.2, -0.15) is 0 Å². The fraction of sp³-hybridized carbons (Fsp3) is 0. The summed E-state index contributed by atoms with van der Waals surface area (Å²) in [6.45, 7) is 0. The number of hydrogen-bond donors (Lipinski definition) is 2. The molecule has 0 fully saturated rings. The molecule has 0 atom stereocenters. The fourth-order valence-corrected chi connectivity index (χ4v) is 0. The minimum atomic E-state index is 0. The third kappa shape index (κ3) is 46.0. The van der Waals surface area contributed by atoms with Crippen LogP contribution in [0.1, 0.15) is 0 Å². The molecule has 0 unspecified atom stereocenters. The molecule has 2 radical (unpaired) electrons. The van der Waals surface area contributed by atoms with Crippen molar-refractivity contribution in [3.8, 4) is 0 Å². The number of nitrogens with one attached hydrogen (secondary N) is 1. The SMILES string of the molecule is N=CN.[Cs+].[I-].[I-].[I-].[Pb+2]. The molecule has 0 saturated heterocycles. The molecule has 0 aliphatic heterocycles. The van der Waals surface area contributed by atoms with E-state index in [0.29, 0.717) is 0 Å². The van der Waals surface area contributed by atoms with E-state index in [2.05, 4.69) is 5.73 Å². The third-order valence-electron chi connectivity index (χ3n) is 0. The minimum absolute atomic E-state index is 0. The van der Waals surface area contributed by atoms with Crippen molar-refractivity contribution in [2.24, 2.45) is 5.73 Å². The maximum absolute atomic E-state index is 5.86. The summed E-state index contributed by atoms with van der Waals surface area (Å²) in [5, 5.41) is 5.86. The summed E-state index contributed by atoms with van der Waals surface area (Å²) in [6.07, 6.45) is 0.750. The van der Waals surface area contributed by atoms with Crippen molar-refractivity contribution in [2.75, 3.05) is 0 Å². The summed E-state index contributed by atoms with van der Waals surface area (Å²) < 4.78 is 0. The quantitative estimate of drug-likeness (QED) is 0.110. The van der Waals surface area contributed by atoms with E-state index in [9.17, 15) is 0 Å². The fourth-order valence-electron chi connectivity index (χ4n) is 0. The van der Waals surface area contributed by atoms with Gasteiger partial charge in [-0.1, -0.05) is 0 Å². The molecule has 0 heterocycles. The van der Waals surface area contributed by atoms with Crippen LogP contribution in [0.3, 0.4) is 0 Å². The van der Waals surface area contributed by atoms with E-state index in [-0.39, 0.29) is 168 Å². The van der Waals surface area contributed by atoms with Crippen molar-refractivity contribution in [3.05, 3.63) is 0 Å². The van der Waals surface area contributed by atoms with Crippen molar-refractivity contribution in [1.29, 1.82) is 5.41 Å². The summed E-state index contributed by atoms with van der Waals surface area (Å²) >= 11 is 0. The first-order valence-electron chi connectivity index (χ1n) is 0.622. The maximum atomic E-state index is 5.86. The van der Waals surface area contributed by atoms with Crippen LogP contribution >= 0.6 is 0 Å². The molecule has 0 spiro atoms. The largest absolute Gasteiger partial charge is 2.00 e. The normalized spacial score (nSPS) is 1.50. The van der Waals surface area contributed by atoms with Gasteiger partial charge in [0.2, 0.25) is 0 Å². The molecule has 0 amide bonds. The van der Waals surface area contributed by atoms with Gasteiger partial charge in [-0.05, 0) is 0 Å². The van der Waals surface area contributed by atoms with Gasteiger partial charge in [0, 0.05) is 0 Å². The van der Waals surface area contributed by atoms with Crippen molar-refractivity contribution < 1.29 is 141 Å². The number of halogens is 3. The molecule has 0 bridgehead atoms. The molecule has 0 aromatic heterocycles. The molecule has 0 aliphatic carbocycles. The Hall–Kier alpha value is 4.63. The molecule has 0 rings (SSSR count). The van der Waals surface area contributed by atoms with Crippen LogP contribution in [0.5, 0.6) is 0 Å². The van der Waals surface area contributed by atoms with Crippen LogP contribution in [0.15, 0.2) is 0 Å². The average Bonchev–Trinajstić information content (AvgIpc) is 0.918. The molecule has 44 valence electrons. The van der Waals surface area contributed by atoms with Gasteiger partial charge in [-0.25, -0.2) is 0 Å². The first-order valence-corrected chi connectivity index (χ1v) is 0.622. The van der Waals surface area contributed by atoms with Crippen LogP contribution in [-0.4, -0.2) is 33.6 Å². The van der Waals surface area contributed by atoms with Gasteiger partial charge in [0.1, 0.15) is 0 Å². The zero-order chi connectivity index (χ0) is 2.71. The molecule has 8 heavy (non-hydrogen) atoms. The summed E-state index contributed by atoms with van der Waals surface area (Å²) in [6, 6.07) is 0. The maximum Gasteiger partial charge on any atom is 2.00 e. The van der Waals surface area contributed by atoms with E-state index < -0.39 is 0 Å². The van der Waals surface area contributed by atoms with Crippen molar-refractivity contribution in [2.45, 2.75) is 0 Å². The first-order chi connectivity index (χ1) is 1.41. The van der Waals surface area contributed by atoms with Crippen LogP contribution in [0, 0.1) is 5.41 Å². The Morgan fingerprint density at radius 1 is 1.12 bits per heavy atom. The average molecular weight is 765 g/mol. The zero-order valence-electron chi connectivity index (χ0n) is 4.29. The molecular weight excluding hydrogens is 761 g/mol. The summed E-state index contributed by atoms with van der Waals surface area (Å²) in [4.78, 5) is 0. The van der Waals surface area contributed by atoms with E-state index in [0.717, 1.165) is 6.34 Å². The number of rotatable bonds is 0. The second-order valence-electron chi connectivity index (χ2n) is 0.167. The summed E-state index contributed by atoms with van der Waals surface area (Å²) in [5.74, 6) is 0. The van der Waals surface area contributed by atoms with Crippen LogP contribution in [0.4, 0.5) is 0 Å². The van der Waals surface area contributed by atoms with E-state index in [1.54, 1.807) is 0 Å². The van der Waals surface area contributed by atoms with Crippen LogP contribution in [0.2, 0.25) is 0 Å². The van der Waals surface area contributed by atoms with E-state index >= 15 is 0 Å². The molecule has 2 nitrogen and oxygen atoms in total. The standard InChI is InChI=1S/CH4N2.Cs.3HI.Pb/c2-1-3;;;;;/h1H,(H3,2,3);;3*1H;/q;+1;;;;+2/p-3. The Balaban J connectivity index is -0.00000000200. The van der Waals surface area contributed by atoms with Crippen molar-refractivity contribution >= 4 is 33.6 Å². The van der Waals surface area contributed by atoms with E-state index in [4.69, 9.17) is 5.41 Å². The van der Waals surface area contributed by atoms with Gasteiger partial charge in [0.05, 0.1) is 6.34 Å². The molecule has 3 N–H and O–H groups in total. The number of nitrogens with two attached hydrogens (primary N) is 1. The molecule has 7 heteroatoms. The van der Waals surface area contributed by atoms with E-state index in [1.165, 1.54) is 0 Å². The zero-order valence-corrected chi connectivity index (χ0v) is 20.9. The second-order valence-corrected chi connectivity index (χ2v) is 0.167. The molecule has 0 saturated carbocycles. The monoisotopic (exact) mass is 766 g/mol. The predicted molar refractivity (Wildman–Crippen MR) is 18.7 cm³/mol. The second kappa shape index (κ2) is 41.4. The predicted octanol–water partition coefficient (Wildman–Crippen LogP) is -12.8. The van der Waals surface area contributed by atoms with Crippen molar-refractivity contribution in [1.82, 2.24) is 0 Å². The molecule has 0 aliphatic rings. The third-order valence-corrected chi connectivity index (χ3v) is 0. The van der Waals surface area contributed by atoms with Crippen LogP contribution in [-0.2, 0) is 0 Å². The Morgan fingerprint density at radius 2 is 1.12 bits per heavy atom. The summed E-state index contributed by atoms with van der Waals surface area (Å²) in [7, 11) is 0. The van der Waals surface area contributed by atoms with Gasteiger partial charge >= 0.3 is 96.2 Å². The van der Waals surface area contributed by atoms with Gasteiger partial charge < -0.3 is 77.7 Å². The Labute approximate surface area is 180 Å². The van der Waals surface area contributed by atoms with E-state index in [1.807, 2.05) is 0 Å².